The fourth-order valence-corrected chi connectivity index (χ4v) is 7.57. The molecule has 7 rings (SSSR count). The van der Waals surface area contributed by atoms with Crippen LogP contribution in [0.15, 0.2) is 36.4 Å². The van der Waals surface area contributed by atoms with E-state index in [4.69, 9.17) is 9.47 Å². The average Bonchev–Trinajstić information content (AvgIpc) is 3.59. The van der Waals surface area contributed by atoms with Crippen molar-refractivity contribution in [2.45, 2.75) is 55.6 Å². The van der Waals surface area contributed by atoms with Crippen LogP contribution in [0, 0.1) is 22.0 Å². The van der Waals surface area contributed by atoms with Gasteiger partial charge < -0.3 is 9.47 Å². The molecule has 176 valence electrons. The zero-order valence-corrected chi connectivity index (χ0v) is 19.2. The number of methoxy groups -OCH3 is 1. The van der Waals surface area contributed by atoms with Crippen LogP contribution < -0.4 is 9.47 Å². The summed E-state index contributed by atoms with van der Waals surface area (Å²) in [7, 11) is 1.65. The van der Waals surface area contributed by atoms with Crippen molar-refractivity contribution in [3.63, 3.8) is 0 Å². The van der Waals surface area contributed by atoms with Gasteiger partial charge in [-0.2, -0.15) is 0 Å². The lowest BCUT2D eigenvalue weighted by Crippen LogP contribution is -2.67. The van der Waals surface area contributed by atoms with E-state index in [9.17, 15) is 14.9 Å². The maximum atomic E-state index is 14.1. The predicted molar refractivity (Wildman–Crippen MR) is 124 cm³/mol. The van der Waals surface area contributed by atoms with Crippen LogP contribution in [0.3, 0.4) is 0 Å². The maximum absolute atomic E-state index is 14.1. The lowest BCUT2D eigenvalue weighted by molar-refractivity contribution is -0.384. The molecule has 7 nitrogen and oxygen atoms in total. The number of ketones is 1. The third kappa shape index (κ3) is 2.64. The van der Waals surface area contributed by atoms with E-state index in [2.05, 4.69) is 11.0 Å². The Bertz CT molecular complexity index is 1220. The third-order valence-corrected chi connectivity index (χ3v) is 9.20. The van der Waals surface area contributed by atoms with Crippen molar-refractivity contribution in [1.29, 1.82) is 0 Å². The molecular weight excluding hydrogens is 432 g/mol. The first-order valence-electron chi connectivity index (χ1n) is 12.4. The molecule has 2 saturated carbocycles. The largest absolute Gasteiger partial charge is 0.493 e. The Morgan fingerprint density at radius 2 is 2.12 bits per heavy atom. The fourth-order valence-electron chi connectivity index (χ4n) is 7.57. The van der Waals surface area contributed by atoms with Crippen LogP contribution in [0.2, 0.25) is 0 Å². The Kier molecular flexibility index (Phi) is 4.23. The number of benzene rings is 2. The van der Waals surface area contributed by atoms with Crippen LogP contribution in [0.1, 0.15) is 48.3 Å². The smallest absolute Gasteiger partial charge is 0.269 e. The van der Waals surface area contributed by atoms with Gasteiger partial charge in [-0.05, 0) is 67.7 Å². The van der Waals surface area contributed by atoms with Gasteiger partial charge >= 0.3 is 0 Å². The van der Waals surface area contributed by atoms with Crippen molar-refractivity contribution < 1.29 is 19.2 Å². The second-order valence-electron chi connectivity index (χ2n) is 10.8. The van der Waals surface area contributed by atoms with Gasteiger partial charge in [0.25, 0.3) is 5.69 Å². The first-order chi connectivity index (χ1) is 16.5. The number of hydrogen-bond acceptors (Lipinski definition) is 6. The molecule has 34 heavy (non-hydrogen) atoms. The van der Waals surface area contributed by atoms with E-state index in [1.54, 1.807) is 19.2 Å². The van der Waals surface area contributed by atoms with Crippen LogP contribution in [0.25, 0.3) is 0 Å². The molecule has 1 saturated heterocycles. The fraction of sp³-hybridized carbons (Fsp3) is 0.519. The highest BCUT2D eigenvalue weighted by molar-refractivity contribution is 5.94. The number of piperidine rings is 1. The summed E-state index contributed by atoms with van der Waals surface area (Å²) < 4.78 is 12.2. The minimum Gasteiger partial charge on any atom is -0.493 e. The summed E-state index contributed by atoms with van der Waals surface area (Å²) >= 11 is 0. The molecule has 0 aromatic heterocycles. The molecule has 7 heteroatoms. The Hall–Kier alpha value is -2.93. The number of carbonyl (C=O) groups excluding carboxylic acids is 1. The number of rotatable bonds is 5. The highest BCUT2D eigenvalue weighted by atomic mass is 16.6. The highest BCUT2D eigenvalue weighted by Gasteiger charge is 2.67. The lowest BCUT2D eigenvalue weighted by atomic mass is 9.49. The molecule has 2 aromatic rings. The number of Topliss-reactive ketones (excluding diaryl/α,β-unsaturated/α-hetero) is 1. The van der Waals surface area contributed by atoms with E-state index in [-0.39, 0.29) is 27.7 Å². The normalized spacial score (nSPS) is 33.3. The number of nitrogens with zero attached hydrogens (tertiary/aromatic N) is 2. The number of nitro groups is 1. The van der Waals surface area contributed by atoms with Gasteiger partial charge in [0.2, 0.25) is 0 Å². The molecule has 2 aromatic carbocycles. The zero-order chi connectivity index (χ0) is 23.2. The van der Waals surface area contributed by atoms with Gasteiger partial charge in [0.15, 0.2) is 23.4 Å². The van der Waals surface area contributed by atoms with Gasteiger partial charge in [-0.1, -0.05) is 18.2 Å². The van der Waals surface area contributed by atoms with Crippen molar-refractivity contribution >= 4 is 11.5 Å². The molecule has 3 aliphatic carbocycles. The van der Waals surface area contributed by atoms with Crippen molar-refractivity contribution in [2.75, 3.05) is 20.2 Å². The van der Waals surface area contributed by atoms with Gasteiger partial charge in [0.05, 0.1) is 12.0 Å². The summed E-state index contributed by atoms with van der Waals surface area (Å²) in [6, 6.07) is 11.1. The minimum absolute atomic E-state index is 0.0318. The van der Waals surface area contributed by atoms with Gasteiger partial charge in [-0.3, -0.25) is 19.8 Å². The number of hydrogen-bond donors (Lipinski definition) is 0. The van der Waals surface area contributed by atoms with E-state index in [0.717, 1.165) is 43.2 Å². The Morgan fingerprint density at radius 3 is 2.88 bits per heavy atom. The molecule has 5 aliphatic rings. The molecule has 3 fully saturated rings. The van der Waals surface area contributed by atoms with E-state index >= 15 is 0 Å². The summed E-state index contributed by atoms with van der Waals surface area (Å²) in [6.45, 7) is 2.12. The van der Waals surface area contributed by atoms with Gasteiger partial charge in [-0.25, -0.2) is 0 Å². The molecular formula is C27H28N2O5. The predicted octanol–water partition coefficient (Wildman–Crippen LogP) is 4.02. The lowest BCUT2D eigenvalue weighted by Gasteiger charge is -2.59. The van der Waals surface area contributed by atoms with E-state index < -0.39 is 12.0 Å². The maximum Gasteiger partial charge on any atom is 0.269 e. The molecule has 0 N–H and O–H groups in total. The summed E-state index contributed by atoms with van der Waals surface area (Å²) in [5.74, 6) is 2.17. The first kappa shape index (κ1) is 20.4. The molecule has 0 amide bonds. The summed E-state index contributed by atoms with van der Waals surface area (Å²) in [5.41, 5.74) is 2.94. The second-order valence-corrected chi connectivity index (χ2v) is 10.8. The van der Waals surface area contributed by atoms with Crippen molar-refractivity contribution in [1.82, 2.24) is 4.90 Å². The van der Waals surface area contributed by atoms with Gasteiger partial charge in [-0.15, -0.1) is 0 Å². The standard InChI is InChI=1S/C27H28N2O5/c1-33-22-8-7-17-12-21-20-13-19(16-3-2-4-18(11-16)29(31)32)24(30)26-27(20,23(17)25(22)34-26)9-10-28(21)14-15-5-6-15/h2-4,7-8,11,15,19-21,26H,5-6,9-10,12-14H2,1H3/t19-,20+,21-,26+,27+/m1/s1. The monoisotopic (exact) mass is 460 g/mol. The molecule has 5 atom stereocenters. The molecule has 2 bridgehead atoms. The van der Waals surface area contributed by atoms with Gasteiger partial charge in [0, 0.05) is 41.6 Å². The molecule has 1 spiro atoms. The first-order valence-corrected chi connectivity index (χ1v) is 12.4. The zero-order valence-electron chi connectivity index (χ0n) is 19.2. The van der Waals surface area contributed by atoms with Crippen LogP contribution in [0.4, 0.5) is 5.69 Å². The summed E-state index contributed by atoms with van der Waals surface area (Å²) in [6.07, 6.45) is 4.65. The number of likely N-dealkylation sites (tertiary alicyclic amines) is 1. The van der Waals surface area contributed by atoms with Crippen molar-refractivity contribution in [2.24, 2.45) is 11.8 Å². The molecule has 0 unspecified atom stereocenters. The van der Waals surface area contributed by atoms with E-state index in [1.165, 1.54) is 30.0 Å². The van der Waals surface area contributed by atoms with Crippen LogP contribution in [-0.4, -0.2) is 48.0 Å². The van der Waals surface area contributed by atoms with Crippen LogP contribution in [0.5, 0.6) is 11.5 Å². The third-order valence-electron chi connectivity index (χ3n) is 9.20. The van der Waals surface area contributed by atoms with Crippen LogP contribution >= 0.6 is 0 Å². The second kappa shape index (κ2) is 7.04. The van der Waals surface area contributed by atoms with Crippen molar-refractivity contribution in [3.8, 4) is 11.5 Å². The summed E-state index contributed by atoms with van der Waals surface area (Å²) in [4.78, 5) is 27.8. The van der Waals surface area contributed by atoms with E-state index in [0.29, 0.717) is 18.2 Å². The number of non-ortho nitro benzene ring substituents is 1. The minimum atomic E-state index is -0.563. The number of carbonyl (C=O) groups is 1. The quantitative estimate of drug-likeness (QED) is 0.495. The Morgan fingerprint density at radius 1 is 1.26 bits per heavy atom. The van der Waals surface area contributed by atoms with E-state index in [1.807, 2.05) is 12.1 Å². The summed E-state index contributed by atoms with van der Waals surface area (Å²) in [5, 5.41) is 11.4. The Balaban J connectivity index is 1.37. The topological polar surface area (TPSA) is 81.9 Å². The molecule has 2 heterocycles. The Labute approximate surface area is 198 Å². The SMILES string of the molecule is COc1ccc2c3c1O[C@H]1C(=O)[C@@H](c4cccc([N+](=O)[O-])c4)C[C@H]4[C@@H](C2)N(CC2CC2)CC[C@]314. The van der Waals surface area contributed by atoms with Crippen LogP contribution in [-0.2, 0) is 16.6 Å². The highest BCUT2D eigenvalue weighted by Crippen LogP contribution is 2.65. The average molecular weight is 461 g/mol. The number of ether oxygens (including phenoxy) is 2. The van der Waals surface area contributed by atoms with Crippen molar-refractivity contribution in [3.05, 3.63) is 63.2 Å². The number of nitro benzene ring substituents is 1. The molecule has 2 aliphatic heterocycles. The van der Waals surface area contributed by atoms with Gasteiger partial charge in [0.1, 0.15) is 0 Å². The molecule has 0 radical (unpaired) electrons.